The van der Waals surface area contributed by atoms with Crippen LogP contribution in [0.4, 0.5) is 0 Å². The highest BCUT2D eigenvalue weighted by Crippen LogP contribution is 2.39. The topological polar surface area (TPSA) is 114 Å². The van der Waals surface area contributed by atoms with Gasteiger partial charge in [-0.2, -0.15) is 0 Å². The van der Waals surface area contributed by atoms with Crippen molar-refractivity contribution in [1.29, 1.82) is 0 Å². The van der Waals surface area contributed by atoms with Gasteiger partial charge in [0, 0.05) is 47.8 Å². The number of nitrogens with one attached hydrogen (secondary N) is 2. The molecule has 0 radical (unpaired) electrons. The van der Waals surface area contributed by atoms with E-state index in [-0.39, 0.29) is 11.6 Å². The molecule has 0 aromatic heterocycles. The van der Waals surface area contributed by atoms with Gasteiger partial charge in [-0.15, -0.1) is 0 Å². The van der Waals surface area contributed by atoms with Crippen LogP contribution in [0, 0.1) is 0 Å². The summed E-state index contributed by atoms with van der Waals surface area (Å²) in [6.07, 6.45) is 3.08. The van der Waals surface area contributed by atoms with E-state index in [9.17, 15) is 9.59 Å². The number of hydrogen-bond donors (Lipinski definition) is 2. The van der Waals surface area contributed by atoms with Crippen molar-refractivity contribution >= 4 is 23.0 Å². The van der Waals surface area contributed by atoms with E-state index in [1.807, 2.05) is 60.7 Å². The maximum Gasteiger partial charge on any atom is 0.203 e. The fourth-order valence-electron chi connectivity index (χ4n) is 4.98. The molecule has 4 aromatic rings. The second kappa shape index (κ2) is 17.1. The molecule has 0 fully saturated rings. The number of rotatable bonds is 17. The first kappa shape index (κ1) is 35.0. The molecule has 0 saturated carbocycles. The third-order valence-corrected chi connectivity index (χ3v) is 7.37. The smallest absolute Gasteiger partial charge is 0.203 e. The molecule has 0 aliphatic heterocycles. The minimum Gasteiger partial charge on any atom is -0.493 e. The predicted molar refractivity (Wildman–Crippen MR) is 186 cm³/mol. The Morgan fingerprint density at radius 3 is 1.06 bits per heavy atom. The summed E-state index contributed by atoms with van der Waals surface area (Å²) in [6.45, 7) is 0.845. The average molecular weight is 653 g/mol. The maximum atomic E-state index is 13.5. The van der Waals surface area contributed by atoms with E-state index in [2.05, 4.69) is 10.6 Å². The number of carbonyl (C=O) groups is 2. The quantitative estimate of drug-likeness (QED) is 0.0792. The second-order valence-electron chi connectivity index (χ2n) is 10.3. The van der Waals surface area contributed by atoms with E-state index in [0.29, 0.717) is 70.1 Å². The second-order valence-corrected chi connectivity index (χ2v) is 10.3. The van der Waals surface area contributed by atoms with Crippen LogP contribution in [0.1, 0.15) is 31.8 Å². The van der Waals surface area contributed by atoms with Gasteiger partial charge in [0.25, 0.3) is 0 Å². The zero-order valence-electron chi connectivity index (χ0n) is 27.9. The molecule has 0 saturated heterocycles. The molecule has 0 bridgehead atoms. The third-order valence-electron chi connectivity index (χ3n) is 7.37. The summed E-state index contributed by atoms with van der Waals surface area (Å²) in [4.78, 5) is 27.0. The molecule has 0 heterocycles. The van der Waals surface area contributed by atoms with Crippen LogP contribution in [-0.4, -0.2) is 67.3 Å². The lowest BCUT2D eigenvalue weighted by Gasteiger charge is -2.16. The highest BCUT2D eigenvalue weighted by Gasteiger charge is 2.18. The first-order chi connectivity index (χ1) is 23.4. The van der Waals surface area contributed by atoms with Gasteiger partial charge in [-0.1, -0.05) is 60.7 Å². The van der Waals surface area contributed by atoms with Crippen LogP contribution in [0.3, 0.4) is 0 Å². The lowest BCUT2D eigenvalue weighted by molar-refractivity contribution is 0.103. The van der Waals surface area contributed by atoms with Crippen LogP contribution >= 0.6 is 0 Å². The highest BCUT2D eigenvalue weighted by atomic mass is 16.5. The van der Waals surface area contributed by atoms with Gasteiger partial charge in [-0.05, 0) is 35.4 Å². The summed E-state index contributed by atoms with van der Waals surface area (Å²) >= 11 is 0. The van der Waals surface area contributed by atoms with Crippen LogP contribution < -0.4 is 39.1 Å². The van der Waals surface area contributed by atoms with Crippen molar-refractivity contribution in [2.75, 3.05) is 55.7 Å². The van der Waals surface area contributed by atoms with E-state index in [0.717, 1.165) is 11.1 Å². The normalized spacial score (nSPS) is 11.3. The van der Waals surface area contributed by atoms with Crippen molar-refractivity contribution in [3.8, 4) is 34.5 Å². The van der Waals surface area contributed by atoms with Gasteiger partial charge >= 0.3 is 0 Å². The van der Waals surface area contributed by atoms with Crippen LogP contribution in [0.5, 0.6) is 34.5 Å². The monoisotopic (exact) mass is 652 g/mol. The number of carbonyl (C=O) groups excluding carboxylic acids is 2. The Balaban J connectivity index is 1.58. The summed E-state index contributed by atoms with van der Waals surface area (Å²) < 4.78 is 32.6. The molecular formula is C38H40N2O8. The number of methoxy groups -OCH3 is 6. The van der Waals surface area contributed by atoms with E-state index in [1.54, 1.807) is 24.3 Å². The van der Waals surface area contributed by atoms with Crippen LogP contribution in [-0.2, 0) is 0 Å². The van der Waals surface area contributed by atoms with Crippen LogP contribution in [0.15, 0.2) is 97.1 Å². The average Bonchev–Trinajstić information content (AvgIpc) is 3.14. The molecule has 10 nitrogen and oxygen atoms in total. The molecule has 0 amide bonds. The van der Waals surface area contributed by atoms with Crippen molar-refractivity contribution in [3.63, 3.8) is 0 Å². The van der Waals surface area contributed by atoms with Crippen molar-refractivity contribution in [1.82, 2.24) is 10.6 Å². The van der Waals surface area contributed by atoms with Gasteiger partial charge < -0.3 is 39.1 Å². The molecule has 4 aromatic carbocycles. The molecular weight excluding hydrogens is 612 g/mol. The van der Waals surface area contributed by atoms with Gasteiger partial charge in [0.05, 0.1) is 42.7 Å². The fraction of sp³-hybridized carbons (Fsp3) is 0.211. The zero-order chi connectivity index (χ0) is 34.5. The minimum atomic E-state index is -0.255. The molecule has 0 spiro atoms. The predicted octanol–water partition coefficient (Wildman–Crippen LogP) is 6.07. The summed E-state index contributed by atoms with van der Waals surface area (Å²) in [5.74, 6) is 1.82. The largest absolute Gasteiger partial charge is 0.493 e. The number of hydrogen-bond acceptors (Lipinski definition) is 10. The van der Waals surface area contributed by atoms with Gasteiger partial charge in [0.15, 0.2) is 34.6 Å². The lowest BCUT2D eigenvalue weighted by atomic mass is 10.0. The van der Waals surface area contributed by atoms with E-state index in [1.165, 1.54) is 54.8 Å². The highest BCUT2D eigenvalue weighted by molar-refractivity contribution is 6.10. The Labute approximate surface area is 280 Å². The maximum absolute atomic E-state index is 13.5. The van der Waals surface area contributed by atoms with Gasteiger partial charge in [-0.3, -0.25) is 9.59 Å². The molecule has 10 heteroatoms. The van der Waals surface area contributed by atoms with Crippen molar-refractivity contribution < 1.29 is 38.0 Å². The van der Waals surface area contributed by atoms with Gasteiger partial charge in [-0.25, -0.2) is 0 Å². The van der Waals surface area contributed by atoms with Crippen LogP contribution in [0.25, 0.3) is 11.4 Å². The number of ether oxygens (including phenoxy) is 6. The lowest BCUT2D eigenvalue weighted by Crippen LogP contribution is -2.26. The van der Waals surface area contributed by atoms with Crippen molar-refractivity contribution in [3.05, 3.63) is 119 Å². The first-order valence-corrected chi connectivity index (χ1v) is 15.1. The van der Waals surface area contributed by atoms with Crippen LogP contribution in [0.2, 0.25) is 0 Å². The number of ketones is 2. The van der Waals surface area contributed by atoms with E-state index >= 15 is 0 Å². The molecule has 2 N–H and O–H groups in total. The number of allylic oxidation sites excluding steroid dienone is 2. The van der Waals surface area contributed by atoms with Crippen molar-refractivity contribution in [2.45, 2.75) is 0 Å². The first-order valence-electron chi connectivity index (χ1n) is 15.1. The van der Waals surface area contributed by atoms with E-state index < -0.39 is 0 Å². The Hall–Kier alpha value is -5.90. The van der Waals surface area contributed by atoms with Gasteiger partial charge in [0.2, 0.25) is 11.5 Å². The Morgan fingerprint density at radius 1 is 0.479 bits per heavy atom. The standard InChI is InChI=1S/C38H40N2O8/c1-43-33-19-27(20-34(44-2)37(33)47-5)31(41)23-29(25-13-9-7-10-14-25)39-17-18-40-30(26-15-11-8-12-16-26)24-32(42)28-21-35(45-3)38(48-6)36(22-28)46-4/h7-16,19-24,39-40H,17-18H2,1-6H3/b29-23-,30-24-. The molecule has 0 aliphatic rings. The van der Waals surface area contributed by atoms with Crippen molar-refractivity contribution in [2.24, 2.45) is 0 Å². The SMILES string of the molecule is COc1cc(C(=O)/C=C(\NCCN/C(=C\C(=O)c2cc(OC)c(OC)c(OC)c2)c2ccccc2)c2ccccc2)cc(OC)c1OC. The summed E-state index contributed by atoms with van der Waals surface area (Å²) in [5, 5.41) is 6.77. The summed E-state index contributed by atoms with van der Waals surface area (Å²) in [5.41, 5.74) is 3.64. The zero-order valence-corrected chi connectivity index (χ0v) is 27.9. The Bertz CT molecular complexity index is 1590. The molecule has 4 rings (SSSR count). The summed E-state index contributed by atoms with van der Waals surface area (Å²) in [6, 6.07) is 25.6. The Morgan fingerprint density at radius 2 is 0.792 bits per heavy atom. The minimum absolute atomic E-state index is 0.255. The molecule has 250 valence electrons. The third kappa shape index (κ3) is 8.47. The van der Waals surface area contributed by atoms with Gasteiger partial charge in [0.1, 0.15) is 0 Å². The molecule has 0 unspecified atom stereocenters. The molecule has 0 aliphatic carbocycles. The van der Waals surface area contributed by atoms with E-state index in [4.69, 9.17) is 28.4 Å². The summed E-state index contributed by atoms with van der Waals surface area (Å²) in [7, 11) is 9.02. The molecule has 0 atom stereocenters. The Kier molecular flexibility index (Phi) is 12.5. The molecule has 48 heavy (non-hydrogen) atoms. The fourth-order valence-corrected chi connectivity index (χ4v) is 4.98. The number of benzene rings is 4.